The van der Waals surface area contributed by atoms with Gasteiger partial charge in [-0.3, -0.25) is 19.1 Å². The quantitative estimate of drug-likeness (QED) is 0.632. The van der Waals surface area contributed by atoms with E-state index < -0.39 is 23.1 Å². The zero-order valence-electron chi connectivity index (χ0n) is 8.58. The summed E-state index contributed by atoms with van der Waals surface area (Å²) in [6, 6.07) is 0. The van der Waals surface area contributed by atoms with Gasteiger partial charge in [0, 0.05) is 13.1 Å². The zero-order valence-corrected chi connectivity index (χ0v) is 8.58. The van der Waals surface area contributed by atoms with Gasteiger partial charge in [-0.1, -0.05) is 0 Å². The van der Waals surface area contributed by atoms with Crippen LogP contribution in [-0.4, -0.2) is 30.2 Å². The molecule has 0 saturated heterocycles. The van der Waals surface area contributed by atoms with Crippen molar-refractivity contribution in [3.63, 3.8) is 0 Å². The molecular weight excluding hydrogens is 228 g/mol. The van der Waals surface area contributed by atoms with E-state index in [1.54, 1.807) is 0 Å². The second-order valence-electron chi connectivity index (χ2n) is 3.97. The molecule has 2 N–H and O–H groups in total. The summed E-state index contributed by atoms with van der Waals surface area (Å²) in [4.78, 5) is 40.0. The highest BCUT2D eigenvalue weighted by atomic mass is 16.4. The molecule has 8 heteroatoms. The summed E-state index contributed by atoms with van der Waals surface area (Å²) in [7, 11) is 0. The normalized spacial score (nSPS) is 18.5. The van der Waals surface area contributed by atoms with E-state index in [0.29, 0.717) is 5.65 Å². The number of hydrogen-bond acceptors (Lipinski definition) is 4. The van der Waals surface area contributed by atoms with Gasteiger partial charge in [-0.2, -0.15) is 0 Å². The molecule has 1 aliphatic heterocycles. The van der Waals surface area contributed by atoms with Crippen molar-refractivity contribution in [1.82, 2.24) is 19.1 Å². The van der Waals surface area contributed by atoms with Crippen molar-refractivity contribution >= 4 is 17.1 Å². The van der Waals surface area contributed by atoms with Gasteiger partial charge in [-0.15, -0.1) is 0 Å². The lowest BCUT2D eigenvalue weighted by molar-refractivity contribution is -0.142. The number of carboxylic acid groups (broad SMARTS) is 1. The van der Waals surface area contributed by atoms with Crippen LogP contribution in [0.1, 0.15) is 0 Å². The standard InChI is InChI=1S/C9H8N4O4/c14-6-5-7-12(3-10-5)1-4(8(15)16)2-13(7)9(17)11-6/h3-4H,1-2H2,(H,15,16)(H,11,14,17)/t4-/m0/s1. The van der Waals surface area contributed by atoms with Gasteiger partial charge in [-0.05, 0) is 0 Å². The van der Waals surface area contributed by atoms with E-state index >= 15 is 0 Å². The Hall–Kier alpha value is -2.38. The maximum atomic E-state index is 11.6. The van der Waals surface area contributed by atoms with Gasteiger partial charge >= 0.3 is 11.7 Å². The largest absolute Gasteiger partial charge is 0.481 e. The van der Waals surface area contributed by atoms with Crippen molar-refractivity contribution in [3.05, 3.63) is 27.2 Å². The van der Waals surface area contributed by atoms with E-state index in [4.69, 9.17) is 5.11 Å². The molecule has 0 spiro atoms. The fourth-order valence-electron chi connectivity index (χ4n) is 2.11. The van der Waals surface area contributed by atoms with Gasteiger partial charge in [0.25, 0.3) is 5.56 Å². The minimum atomic E-state index is -0.976. The number of aliphatic carboxylic acids is 1. The van der Waals surface area contributed by atoms with E-state index in [1.165, 1.54) is 15.5 Å². The molecule has 88 valence electrons. The first kappa shape index (κ1) is 9.82. The van der Waals surface area contributed by atoms with Gasteiger partial charge in [0.2, 0.25) is 0 Å². The van der Waals surface area contributed by atoms with Crippen molar-refractivity contribution in [2.45, 2.75) is 13.1 Å². The molecule has 0 fully saturated rings. The second-order valence-corrected chi connectivity index (χ2v) is 3.97. The molecule has 0 aliphatic carbocycles. The molecule has 3 rings (SSSR count). The van der Waals surface area contributed by atoms with Gasteiger partial charge in [-0.25, -0.2) is 9.78 Å². The van der Waals surface area contributed by atoms with Gasteiger partial charge in [0.05, 0.1) is 12.2 Å². The Morgan fingerprint density at radius 2 is 2.24 bits per heavy atom. The van der Waals surface area contributed by atoms with Crippen LogP contribution >= 0.6 is 0 Å². The third-order valence-corrected chi connectivity index (χ3v) is 2.92. The van der Waals surface area contributed by atoms with Crippen LogP contribution < -0.4 is 11.2 Å². The average molecular weight is 236 g/mol. The predicted octanol–water partition coefficient (Wildman–Crippen LogP) is -1.40. The first-order chi connectivity index (χ1) is 8.08. The van der Waals surface area contributed by atoms with E-state index in [0.717, 1.165) is 0 Å². The van der Waals surface area contributed by atoms with Gasteiger partial charge < -0.3 is 9.67 Å². The minimum Gasteiger partial charge on any atom is -0.481 e. The molecule has 2 aromatic rings. The number of nitrogens with one attached hydrogen (secondary N) is 1. The summed E-state index contributed by atoms with van der Waals surface area (Å²) in [5, 5.41) is 8.98. The fraction of sp³-hybridized carbons (Fsp3) is 0.333. The number of nitrogens with zero attached hydrogens (tertiary/aromatic N) is 3. The highest BCUT2D eigenvalue weighted by molar-refractivity contribution is 5.74. The van der Waals surface area contributed by atoms with Crippen molar-refractivity contribution in [2.75, 3.05) is 0 Å². The lowest BCUT2D eigenvalue weighted by Gasteiger charge is -2.21. The first-order valence-corrected chi connectivity index (χ1v) is 4.98. The molecule has 0 aromatic carbocycles. The molecule has 0 unspecified atom stereocenters. The number of hydrogen-bond donors (Lipinski definition) is 2. The van der Waals surface area contributed by atoms with Crippen molar-refractivity contribution in [1.29, 1.82) is 0 Å². The van der Waals surface area contributed by atoms with Crippen LogP contribution in [0.3, 0.4) is 0 Å². The lowest BCUT2D eigenvalue weighted by Crippen LogP contribution is -2.39. The van der Waals surface area contributed by atoms with Crippen LogP contribution in [0.5, 0.6) is 0 Å². The van der Waals surface area contributed by atoms with Crippen molar-refractivity contribution in [3.8, 4) is 0 Å². The molecule has 1 aliphatic rings. The summed E-state index contributed by atoms with van der Waals surface area (Å²) in [5.41, 5.74) is -0.603. The third kappa shape index (κ3) is 1.23. The first-order valence-electron chi connectivity index (χ1n) is 4.98. The van der Waals surface area contributed by atoms with E-state index in [2.05, 4.69) is 9.97 Å². The van der Waals surface area contributed by atoms with Crippen LogP contribution in [0.25, 0.3) is 11.2 Å². The van der Waals surface area contributed by atoms with E-state index in [1.807, 2.05) is 0 Å². The van der Waals surface area contributed by atoms with Crippen molar-refractivity contribution in [2.24, 2.45) is 5.92 Å². The Bertz CT molecular complexity index is 738. The van der Waals surface area contributed by atoms with Crippen LogP contribution in [0.15, 0.2) is 15.9 Å². The molecular formula is C9H8N4O4. The van der Waals surface area contributed by atoms with Crippen molar-refractivity contribution < 1.29 is 9.90 Å². The highest BCUT2D eigenvalue weighted by Crippen LogP contribution is 2.17. The minimum absolute atomic E-state index is 0.0487. The molecule has 8 nitrogen and oxygen atoms in total. The second kappa shape index (κ2) is 3.06. The monoisotopic (exact) mass is 236 g/mol. The Kier molecular flexibility index (Phi) is 1.77. The maximum absolute atomic E-state index is 11.6. The maximum Gasteiger partial charge on any atom is 0.330 e. The Balaban J connectivity index is 2.36. The molecule has 0 amide bonds. The third-order valence-electron chi connectivity index (χ3n) is 2.92. The number of carbonyl (C=O) groups is 1. The number of H-pyrrole nitrogens is 1. The predicted molar refractivity (Wildman–Crippen MR) is 55.7 cm³/mol. The number of imidazole rings is 1. The SMILES string of the molecule is O=C(O)[C@H]1Cn2cnc3c(=O)[nH]c(=O)n(c32)C1. The van der Waals surface area contributed by atoms with Crippen LogP contribution in [0, 0.1) is 5.92 Å². The topological polar surface area (TPSA) is 110 Å². The molecule has 0 radical (unpaired) electrons. The van der Waals surface area contributed by atoms with Gasteiger partial charge in [0.15, 0.2) is 5.52 Å². The summed E-state index contributed by atoms with van der Waals surface area (Å²) in [6.07, 6.45) is 1.38. The summed E-state index contributed by atoms with van der Waals surface area (Å²) < 4.78 is 2.76. The summed E-state index contributed by atoms with van der Waals surface area (Å²) in [6.45, 7) is 0.266. The van der Waals surface area contributed by atoms with Gasteiger partial charge in [0.1, 0.15) is 5.65 Å². The smallest absolute Gasteiger partial charge is 0.330 e. The Labute approximate surface area is 93.1 Å². The Morgan fingerprint density at radius 3 is 2.94 bits per heavy atom. The number of aromatic nitrogens is 4. The lowest BCUT2D eigenvalue weighted by atomic mass is 10.1. The number of carboxylic acids is 1. The highest BCUT2D eigenvalue weighted by Gasteiger charge is 2.27. The zero-order chi connectivity index (χ0) is 12.2. The fourth-order valence-corrected chi connectivity index (χ4v) is 2.11. The Morgan fingerprint density at radius 1 is 1.47 bits per heavy atom. The molecule has 0 bridgehead atoms. The number of rotatable bonds is 1. The van der Waals surface area contributed by atoms with Crippen LogP contribution in [0.4, 0.5) is 0 Å². The molecule has 3 heterocycles. The molecule has 0 saturated carbocycles. The van der Waals surface area contributed by atoms with Crippen LogP contribution in [0.2, 0.25) is 0 Å². The molecule has 1 atom stereocenters. The van der Waals surface area contributed by atoms with E-state index in [9.17, 15) is 14.4 Å². The van der Waals surface area contributed by atoms with E-state index in [-0.39, 0.29) is 18.6 Å². The summed E-state index contributed by atoms with van der Waals surface area (Å²) >= 11 is 0. The number of aromatic amines is 1. The summed E-state index contributed by atoms with van der Waals surface area (Å²) in [5.74, 6) is -1.67. The average Bonchev–Trinajstić information content (AvgIpc) is 2.69. The molecule has 17 heavy (non-hydrogen) atoms. The molecule has 2 aromatic heterocycles. The van der Waals surface area contributed by atoms with Crippen LogP contribution in [-0.2, 0) is 17.9 Å².